The number of para-hydroxylation sites is 1. The Hall–Kier alpha value is -2.74. The van der Waals surface area contributed by atoms with Crippen LogP contribution in [0, 0.1) is 6.92 Å². The molecule has 0 bridgehead atoms. The lowest BCUT2D eigenvalue weighted by Gasteiger charge is -2.19. The molecule has 1 aliphatic heterocycles. The monoisotopic (exact) mass is 372 g/mol. The van der Waals surface area contributed by atoms with Crippen molar-refractivity contribution >= 4 is 34.6 Å². The molecule has 0 aliphatic carbocycles. The van der Waals surface area contributed by atoms with Gasteiger partial charge in [-0.05, 0) is 25.5 Å². The fourth-order valence-electron chi connectivity index (χ4n) is 2.77. The number of aliphatic carboxylic acids is 1. The Morgan fingerprint density at radius 3 is 2.69 bits per heavy atom. The number of rotatable bonds is 6. The highest BCUT2D eigenvalue weighted by Gasteiger charge is 2.36. The van der Waals surface area contributed by atoms with Gasteiger partial charge in [-0.1, -0.05) is 25.1 Å². The Morgan fingerprint density at radius 1 is 1.38 bits per heavy atom. The summed E-state index contributed by atoms with van der Waals surface area (Å²) in [7, 11) is 0. The van der Waals surface area contributed by atoms with Gasteiger partial charge >= 0.3 is 5.97 Å². The zero-order valence-electron chi connectivity index (χ0n) is 14.5. The van der Waals surface area contributed by atoms with Crippen molar-refractivity contribution in [2.24, 2.45) is 5.10 Å². The van der Waals surface area contributed by atoms with Crippen LogP contribution in [0.4, 0.5) is 5.69 Å². The number of carbonyl (C=O) groups excluding carboxylic acids is 1. The molecule has 0 spiro atoms. The maximum atomic E-state index is 12.7. The zero-order chi connectivity index (χ0) is 18.7. The van der Waals surface area contributed by atoms with Crippen LogP contribution in [0.1, 0.15) is 36.5 Å². The minimum Gasteiger partial charge on any atom is -0.480 e. The number of aromatic nitrogens is 1. The number of anilines is 1. The summed E-state index contributed by atoms with van der Waals surface area (Å²) >= 11 is 1.50. The number of hydrazone groups is 1. The fraction of sp³-hybridized carbons (Fsp3) is 0.333. The van der Waals surface area contributed by atoms with Gasteiger partial charge in [-0.3, -0.25) is 9.80 Å². The van der Waals surface area contributed by atoms with Crippen LogP contribution in [-0.4, -0.2) is 33.7 Å². The standard InChI is InChI=1S/C18H20N4O3S/c1-3-13(17-19-11(2)10-26-17)20-16(23)14-9-15(18(24)25)22(21-14)12-7-5-4-6-8-12/h4-8,10,13,15H,3,9H2,1-2H3,(H,20,23)(H,24,25). The van der Waals surface area contributed by atoms with Gasteiger partial charge in [-0.2, -0.15) is 5.10 Å². The molecule has 7 nitrogen and oxygen atoms in total. The highest BCUT2D eigenvalue weighted by atomic mass is 32.1. The summed E-state index contributed by atoms with van der Waals surface area (Å²) in [5.74, 6) is -1.36. The Bertz CT molecular complexity index is 834. The number of nitrogens with one attached hydrogen (secondary N) is 1. The first-order valence-corrected chi connectivity index (χ1v) is 9.25. The molecule has 1 aromatic carbocycles. The Labute approximate surface area is 155 Å². The van der Waals surface area contributed by atoms with E-state index in [2.05, 4.69) is 15.4 Å². The van der Waals surface area contributed by atoms with E-state index in [0.29, 0.717) is 12.1 Å². The van der Waals surface area contributed by atoms with Crippen LogP contribution < -0.4 is 10.3 Å². The Balaban J connectivity index is 1.79. The predicted octanol–water partition coefficient (Wildman–Crippen LogP) is 2.74. The lowest BCUT2D eigenvalue weighted by Crippen LogP contribution is -2.36. The topological polar surface area (TPSA) is 94.9 Å². The third-order valence-electron chi connectivity index (χ3n) is 4.13. The van der Waals surface area contributed by atoms with Crippen molar-refractivity contribution in [2.45, 2.75) is 38.8 Å². The van der Waals surface area contributed by atoms with Crippen molar-refractivity contribution < 1.29 is 14.7 Å². The van der Waals surface area contributed by atoms with E-state index >= 15 is 0 Å². The molecule has 0 fully saturated rings. The van der Waals surface area contributed by atoms with Crippen LogP contribution in [0.3, 0.4) is 0 Å². The average molecular weight is 372 g/mol. The number of nitrogens with zero attached hydrogens (tertiary/aromatic N) is 3. The number of carboxylic acid groups (broad SMARTS) is 1. The van der Waals surface area contributed by atoms with Crippen LogP contribution in [0.15, 0.2) is 40.8 Å². The first-order chi connectivity index (χ1) is 12.5. The molecule has 3 rings (SSSR count). The molecule has 2 atom stereocenters. The highest BCUT2D eigenvalue weighted by molar-refractivity contribution is 7.09. The number of hydrogen-bond donors (Lipinski definition) is 2. The molecule has 1 aliphatic rings. The lowest BCUT2D eigenvalue weighted by atomic mass is 10.1. The lowest BCUT2D eigenvalue weighted by molar-refractivity contribution is -0.138. The van der Waals surface area contributed by atoms with Gasteiger partial charge in [0.1, 0.15) is 10.7 Å². The molecule has 136 valence electrons. The minimum atomic E-state index is -1.01. The van der Waals surface area contributed by atoms with Crippen molar-refractivity contribution in [1.82, 2.24) is 10.3 Å². The van der Waals surface area contributed by atoms with E-state index < -0.39 is 12.0 Å². The number of aryl methyl sites for hydroxylation is 1. The van der Waals surface area contributed by atoms with Crippen molar-refractivity contribution in [2.75, 3.05) is 5.01 Å². The number of thiazole rings is 1. The fourth-order valence-corrected chi connectivity index (χ4v) is 3.70. The van der Waals surface area contributed by atoms with Gasteiger partial charge in [0, 0.05) is 17.5 Å². The Morgan fingerprint density at radius 2 is 2.12 bits per heavy atom. The molecule has 0 saturated heterocycles. The van der Waals surface area contributed by atoms with E-state index in [0.717, 1.165) is 10.7 Å². The molecule has 8 heteroatoms. The van der Waals surface area contributed by atoms with E-state index in [1.807, 2.05) is 25.3 Å². The van der Waals surface area contributed by atoms with Gasteiger partial charge in [0.25, 0.3) is 5.91 Å². The van der Waals surface area contributed by atoms with E-state index in [1.54, 1.807) is 24.3 Å². The van der Waals surface area contributed by atoms with E-state index in [9.17, 15) is 14.7 Å². The van der Waals surface area contributed by atoms with E-state index in [4.69, 9.17) is 0 Å². The molecule has 2 N–H and O–H groups in total. The predicted molar refractivity (Wildman–Crippen MR) is 100 cm³/mol. The molecule has 1 amide bonds. The van der Waals surface area contributed by atoms with Gasteiger partial charge in [0.15, 0.2) is 6.04 Å². The summed E-state index contributed by atoms with van der Waals surface area (Å²) in [6, 6.07) is 7.90. The highest BCUT2D eigenvalue weighted by Crippen LogP contribution is 2.26. The summed E-state index contributed by atoms with van der Waals surface area (Å²) in [6.07, 6.45) is 0.750. The average Bonchev–Trinajstić information content (AvgIpc) is 3.27. The third-order valence-corrected chi connectivity index (χ3v) is 5.20. The van der Waals surface area contributed by atoms with Crippen molar-refractivity contribution in [3.63, 3.8) is 0 Å². The molecule has 26 heavy (non-hydrogen) atoms. The van der Waals surface area contributed by atoms with E-state index in [-0.39, 0.29) is 24.1 Å². The molecule has 2 unspecified atom stereocenters. The number of benzene rings is 1. The normalized spacial score (nSPS) is 17.7. The largest absolute Gasteiger partial charge is 0.480 e. The van der Waals surface area contributed by atoms with Crippen LogP contribution in [0.5, 0.6) is 0 Å². The quantitative estimate of drug-likeness (QED) is 0.813. The second-order valence-corrected chi connectivity index (χ2v) is 6.94. The van der Waals surface area contributed by atoms with Crippen LogP contribution >= 0.6 is 11.3 Å². The number of carbonyl (C=O) groups is 2. The van der Waals surface area contributed by atoms with Gasteiger partial charge in [-0.15, -0.1) is 11.3 Å². The zero-order valence-corrected chi connectivity index (χ0v) is 15.4. The summed E-state index contributed by atoms with van der Waals surface area (Å²) in [5, 5.41) is 20.9. The van der Waals surface area contributed by atoms with E-state index in [1.165, 1.54) is 16.3 Å². The maximum Gasteiger partial charge on any atom is 0.328 e. The number of carboxylic acids is 1. The minimum absolute atomic E-state index is 0.0589. The molecule has 1 aromatic heterocycles. The van der Waals surface area contributed by atoms with Gasteiger partial charge in [0.2, 0.25) is 0 Å². The van der Waals surface area contributed by atoms with Crippen LogP contribution in [-0.2, 0) is 9.59 Å². The molecule has 0 radical (unpaired) electrons. The molecule has 2 heterocycles. The van der Waals surface area contributed by atoms with Gasteiger partial charge < -0.3 is 10.4 Å². The summed E-state index contributed by atoms with van der Waals surface area (Å²) in [6.45, 7) is 3.87. The van der Waals surface area contributed by atoms with Gasteiger partial charge in [0.05, 0.1) is 11.7 Å². The number of amides is 1. The second-order valence-electron chi connectivity index (χ2n) is 6.05. The van der Waals surface area contributed by atoms with Crippen molar-refractivity contribution in [3.05, 3.63) is 46.4 Å². The third kappa shape index (κ3) is 3.75. The SMILES string of the molecule is CCC(NC(=O)C1=NN(c2ccccc2)C(C(=O)O)C1)c1nc(C)cs1. The van der Waals surface area contributed by atoms with Crippen molar-refractivity contribution in [3.8, 4) is 0 Å². The molecular formula is C18H20N4O3S. The Kier molecular flexibility index (Phi) is 5.32. The molecule has 2 aromatic rings. The van der Waals surface area contributed by atoms with Crippen molar-refractivity contribution in [1.29, 1.82) is 0 Å². The van der Waals surface area contributed by atoms with Crippen LogP contribution in [0.25, 0.3) is 0 Å². The van der Waals surface area contributed by atoms with Gasteiger partial charge in [-0.25, -0.2) is 9.78 Å². The first kappa shape index (κ1) is 18.1. The molecule has 0 saturated carbocycles. The summed E-state index contributed by atoms with van der Waals surface area (Å²) in [4.78, 5) is 28.7. The molecular weight excluding hydrogens is 352 g/mol. The maximum absolute atomic E-state index is 12.7. The summed E-state index contributed by atoms with van der Waals surface area (Å²) in [5.41, 5.74) is 1.77. The van der Waals surface area contributed by atoms with Crippen LogP contribution in [0.2, 0.25) is 0 Å². The first-order valence-electron chi connectivity index (χ1n) is 8.37. The smallest absolute Gasteiger partial charge is 0.328 e. The second kappa shape index (κ2) is 7.65. The number of hydrogen-bond acceptors (Lipinski definition) is 6. The summed E-state index contributed by atoms with van der Waals surface area (Å²) < 4.78 is 0.